The van der Waals surface area contributed by atoms with Gasteiger partial charge in [-0.2, -0.15) is 0 Å². The summed E-state index contributed by atoms with van der Waals surface area (Å²) in [5.41, 5.74) is 1.40. The Hall–Kier alpha value is -1.60. The fourth-order valence-electron chi connectivity index (χ4n) is 9.00. The van der Waals surface area contributed by atoms with E-state index in [1.54, 1.807) is 6.08 Å². The number of esters is 1. The van der Waals surface area contributed by atoms with Crippen molar-refractivity contribution in [2.45, 2.75) is 239 Å². The van der Waals surface area contributed by atoms with Crippen molar-refractivity contribution in [1.29, 1.82) is 0 Å². The monoisotopic (exact) mass is 899 g/mol. The zero-order valence-corrected chi connectivity index (χ0v) is 45.5. The summed E-state index contributed by atoms with van der Waals surface area (Å²) in [7, 11) is -6.52. The second kappa shape index (κ2) is 24.6. The van der Waals surface area contributed by atoms with Gasteiger partial charge in [0.1, 0.15) is 6.10 Å². The molecular weight excluding hydrogens is 805 g/mol. The lowest BCUT2D eigenvalue weighted by molar-refractivity contribution is -0.146. The van der Waals surface area contributed by atoms with Crippen LogP contribution in [0.15, 0.2) is 60.7 Å². The first-order chi connectivity index (χ1) is 28.4. The number of carbonyl (C=O) groups is 1. The van der Waals surface area contributed by atoms with Gasteiger partial charge in [0.25, 0.3) is 0 Å². The first-order valence-corrected chi connectivity index (χ1v) is 32.4. The van der Waals surface area contributed by atoms with Gasteiger partial charge in [-0.05, 0) is 118 Å². The number of hydrogen-bond donors (Lipinski definition) is 0. The zero-order valence-electron chi connectivity index (χ0n) is 42.5. The maximum atomic E-state index is 13.7. The molecule has 0 aliphatic carbocycles. The minimum atomic E-state index is -2.21. The molecule has 0 amide bonds. The molecule has 1 saturated heterocycles. The number of hydrogen-bond acceptors (Lipinski definition) is 6. The van der Waals surface area contributed by atoms with Gasteiger partial charge in [0.15, 0.2) is 25.0 Å². The van der Waals surface area contributed by atoms with Crippen LogP contribution >= 0.6 is 0 Å². The van der Waals surface area contributed by atoms with E-state index < -0.39 is 30.6 Å². The van der Waals surface area contributed by atoms with Crippen molar-refractivity contribution in [2.75, 3.05) is 0 Å². The molecule has 9 heteroatoms. The average molecular weight is 900 g/mol. The largest absolute Gasteiger partial charge is 0.456 e. The molecule has 1 aliphatic heterocycles. The molecule has 0 saturated carbocycles. The SMILES string of the molecule is C=C(C)CC[C@@H]1O[C@](C)(CCC)C[C@H]1OC(=O)/C=C/[C@@H](C)C[C@@H](O[Si](CC)(CC)CC)[C@@](C)(C[C@H](O[Si](C)(C)C(C)(C)C)[C@H](C)/C=C/c1ccccc1)O[Si](CC)(CC)CC. The third-order valence-electron chi connectivity index (χ3n) is 14.8. The van der Waals surface area contributed by atoms with Crippen LogP contribution in [-0.4, -0.2) is 66.5 Å². The highest BCUT2D eigenvalue weighted by molar-refractivity contribution is 6.74. The van der Waals surface area contributed by atoms with E-state index >= 15 is 0 Å². The third kappa shape index (κ3) is 16.7. The Labute approximate surface area is 379 Å². The lowest BCUT2D eigenvalue weighted by atomic mass is 9.84. The normalized spacial score (nSPS) is 22.3. The van der Waals surface area contributed by atoms with Crippen LogP contribution < -0.4 is 0 Å². The van der Waals surface area contributed by atoms with Gasteiger partial charge in [0.2, 0.25) is 0 Å². The van der Waals surface area contributed by atoms with Crippen molar-refractivity contribution in [3.63, 3.8) is 0 Å². The van der Waals surface area contributed by atoms with Crippen molar-refractivity contribution in [1.82, 2.24) is 0 Å². The lowest BCUT2D eigenvalue weighted by Crippen LogP contribution is -2.58. The molecule has 1 aromatic carbocycles. The van der Waals surface area contributed by atoms with E-state index in [0.29, 0.717) is 0 Å². The van der Waals surface area contributed by atoms with E-state index in [-0.39, 0.29) is 52.9 Å². The Morgan fingerprint density at radius 2 is 1.48 bits per heavy atom. The van der Waals surface area contributed by atoms with Crippen molar-refractivity contribution in [2.24, 2.45) is 11.8 Å². The standard InChI is InChI=1S/C52H94O6Si3/c1-19-37-51(15)39-47(45(55-51)35-31-41(8)9)54-49(53)36-32-42(10)38-48(57-60(20-2,21-3)22-4)52(16,58-61(23-5,24-6)25-7)40-46(56-59(17,18)50(12,13)14)43(11)33-34-44-29-27-26-28-30-44/h26-30,32-34,36,42-43,45-48H,8,19-25,31,35,37-40H2,1-7,9-18H3/b34-33+,36-32+/t42-,43-,45+,46+,47-,48-,51-,52-/m1/s1. The lowest BCUT2D eigenvalue weighted by Gasteiger charge is -2.51. The van der Waals surface area contributed by atoms with Crippen LogP contribution in [-0.2, 0) is 27.5 Å². The van der Waals surface area contributed by atoms with E-state index in [1.165, 1.54) is 5.56 Å². The minimum Gasteiger partial charge on any atom is -0.456 e. The molecule has 0 bridgehead atoms. The predicted octanol–water partition coefficient (Wildman–Crippen LogP) is 15.5. The van der Waals surface area contributed by atoms with Crippen LogP contribution in [0.3, 0.4) is 0 Å². The second-order valence-corrected chi connectivity index (χ2v) is 35.0. The molecule has 350 valence electrons. The van der Waals surface area contributed by atoms with E-state index in [4.69, 9.17) is 22.8 Å². The highest BCUT2D eigenvalue weighted by Gasteiger charge is 2.50. The smallest absolute Gasteiger partial charge is 0.330 e. The predicted molar refractivity (Wildman–Crippen MR) is 270 cm³/mol. The summed E-state index contributed by atoms with van der Waals surface area (Å²) in [6, 6.07) is 16.9. The van der Waals surface area contributed by atoms with Crippen molar-refractivity contribution >= 4 is 37.0 Å². The van der Waals surface area contributed by atoms with Gasteiger partial charge < -0.3 is 22.8 Å². The summed E-state index contributed by atoms with van der Waals surface area (Å²) in [5, 5.41) is 0.0442. The molecule has 0 unspecified atom stereocenters. The molecule has 0 N–H and O–H groups in total. The van der Waals surface area contributed by atoms with Crippen LogP contribution in [0.4, 0.5) is 0 Å². The summed E-state index contributed by atoms with van der Waals surface area (Å²) in [6.07, 6.45) is 13.5. The molecule has 0 aromatic heterocycles. The Balaban J connectivity index is 2.67. The van der Waals surface area contributed by atoms with E-state index in [9.17, 15) is 4.79 Å². The quantitative estimate of drug-likeness (QED) is 0.0361. The van der Waals surface area contributed by atoms with Crippen molar-refractivity contribution in [3.8, 4) is 0 Å². The Bertz CT molecular complexity index is 1500. The molecule has 1 heterocycles. The van der Waals surface area contributed by atoms with Gasteiger partial charge >= 0.3 is 5.97 Å². The molecule has 0 spiro atoms. The number of allylic oxidation sites excluding steroid dienone is 2. The highest BCUT2D eigenvalue weighted by atomic mass is 28.4. The second-order valence-electron chi connectivity index (χ2n) is 20.9. The molecule has 1 aromatic rings. The minimum absolute atomic E-state index is 0.0400. The highest BCUT2D eigenvalue weighted by Crippen LogP contribution is 2.44. The Kier molecular flexibility index (Phi) is 22.4. The number of benzene rings is 1. The molecule has 8 atom stereocenters. The Morgan fingerprint density at radius 1 is 0.902 bits per heavy atom. The van der Waals surface area contributed by atoms with Crippen LogP contribution in [0, 0.1) is 11.8 Å². The zero-order chi connectivity index (χ0) is 46.3. The number of ether oxygens (including phenoxy) is 2. The van der Waals surface area contributed by atoms with E-state index in [1.807, 2.05) is 6.92 Å². The maximum Gasteiger partial charge on any atom is 0.330 e. The summed E-state index contributed by atoms with van der Waals surface area (Å²) in [4.78, 5) is 13.7. The van der Waals surface area contributed by atoms with Crippen molar-refractivity contribution < 1.29 is 27.5 Å². The Morgan fingerprint density at radius 3 is 1.98 bits per heavy atom. The maximum absolute atomic E-state index is 13.7. The fraction of sp³-hybridized carbons (Fsp3) is 0.750. The van der Waals surface area contributed by atoms with Crippen LogP contribution in [0.25, 0.3) is 6.08 Å². The molecule has 2 rings (SSSR count). The topological polar surface area (TPSA) is 63.2 Å². The van der Waals surface area contributed by atoms with Gasteiger partial charge in [-0.15, -0.1) is 6.58 Å². The molecular formula is C52H94O6Si3. The van der Waals surface area contributed by atoms with E-state index in [0.717, 1.165) is 86.8 Å². The van der Waals surface area contributed by atoms with Gasteiger partial charge in [-0.1, -0.05) is 144 Å². The molecule has 1 aliphatic rings. The number of rotatable bonds is 28. The first-order valence-electron chi connectivity index (χ1n) is 24.4. The molecule has 6 nitrogen and oxygen atoms in total. The average Bonchev–Trinajstić information content (AvgIpc) is 3.52. The van der Waals surface area contributed by atoms with Crippen LogP contribution in [0.5, 0.6) is 0 Å². The molecule has 1 fully saturated rings. The van der Waals surface area contributed by atoms with Crippen molar-refractivity contribution in [3.05, 3.63) is 66.3 Å². The van der Waals surface area contributed by atoms with Crippen LogP contribution in [0.2, 0.25) is 54.4 Å². The fourth-order valence-corrected chi connectivity index (χ4v) is 16.5. The van der Waals surface area contributed by atoms with Gasteiger partial charge in [-0.3, -0.25) is 0 Å². The molecule has 0 radical (unpaired) electrons. The van der Waals surface area contributed by atoms with Crippen LogP contribution in [0.1, 0.15) is 154 Å². The van der Waals surface area contributed by atoms with E-state index in [2.05, 4.69) is 165 Å². The first kappa shape index (κ1) is 55.5. The van der Waals surface area contributed by atoms with Gasteiger partial charge in [0.05, 0.1) is 29.5 Å². The van der Waals surface area contributed by atoms with Gasteiger partial charge in [0, 0.05) is 18.9 Å². The third-order valence-corrected chi connectivity index (χ3v) is 28.7. The summed E-state index contributed by atoms with van der Waals surface area (Å²) in [6.45, 7) is 43.1. The summed E-state index contributed by atoms with van der Waals surface area (Å²) in [5.74, 6) is -0.124. The summed E-state index contributed by atoms with van der Waals surface area (Å²) < 4.78 is 35.9. The molecule has 61 heavy (non-hydrogen) atoms. The van der Waals surface area contributed by atoms with Gasteiger partial charge in [-0.25, -0.2) is 4.79 Å². The summed E-state index contributed by atoms with van der Waals surface area (Å²) >= 11 is 0. The number of carbonyl (C=O) groups excluding carboxylic acids is 1.